The molecule has 0 saturated carbocycles. The fourth-order valence-electron chi connectivity index (χ4n) is 2.09. The topological polar surface area (TPSA) is 79.4 Å². The Morgan fingerprint density at radius 2 is 2.09 bits per heavy atom. The Kier molecular flexibility index (Phi) is 6.54. The highest BCUT2D eigenvalue weighted by Gasteiger charge is 2.11. The van der Waals surface area contributed by atoms with E-state index < -0.39 is 0 Å². The molecule has 2 heterocycles. The van der Waals surface area contributed by atoms with Gasteiger partial charge < -0.3 is 15.4 Å². The predicted molar refractivity (Wildman–Crippen MR) is 85.0 cm³/mol. The molecular formula is C15H25N5O2. The van der Waals surface area contributed by atoms with Gasteiger partial charge in [0.15, 0.2) is 0 Å². The SMILES string of the molecule is CC(C)CNc1cnc(C(=O)NCCN2CCOCC2)cn1. The molecule has 0 spiro atoms. The fraction of sp³-hybridized carbons (Fsp3) is 0.667. The van der Waals surface area contributed by atoms with Gasteiger partial charge >= 0.3 is 0 Å². The highest BCUT2D eigenvalue weighted by molar-refractivity contribution is 5.91. The lowest BCUT2D eigenvalue weighted by Gasteiger charge is -2.26. The number of aromatic nitrogens is 2. The van der Waals surface area contributed by atoms with E-state index in [9.17, 15) is 4.79 Å². The standard InChI is InChI=1S/C15H25N5O2/c1-12(2)9-18-14-11-17-13(10-19-14)15(21)16-3-4-20-5-7-22-8-6-20/h10-12H,3-9H2,1-2H3,(H,16,21)(H,18,19). The van der Waals surface area contributed by atoms with Crippen molar-refractivity contribution in [3.63, 3.8) is 0 Å². The van der Waals surface area contributed by atoms with Crippen molar-refractivity contribution in [2.45, 2.75) is 13.8 Å². The van der Waals surface area contributed by atoms with E-state index in [0.29, 0.717) is 24.0 Å². The second-order valence-electron chi connectivity index (χ2n) is 5.77. The van der Waals surface area contributed by atoms with E-state index in [4.69, 9.17) is 4.74 Å². The number of amides is 1. The number of morpholine rings is 1. The Bertz CT molecular complexity index is 458. The average molecular weight is 307 g/mol. The van der Waals surface area contributed by atoms with Crippen LogP contribution in [0.15, 0.2) is 12.4 Å². The van der Waals surface area contributed by atoms with Gasteiger partial charge in [0, 0.05) is 32.7 Å². The summed E-state index contributed by atoms with van der Waals surface area (Å²) in [5, 5.41) is 6.04. The van der Waals surface area contributed by atoms with Gasteiger partial charge in [0.05, 0.1) is 25.6 Å². The average Bonchev–Trinajstić information content (AvgIpc) is 2.54. The number of rotatable bonds is 7. The van der Waals surface area contributed by atoms with Crippen molar-refractivity contribution in [1.29, 1.82) is 0 Å². The molecule has 2 rings (SSSR count). The Morgan fingerprint density at radius 1 is 1.32 bits per heavy atom. The van der Waals surface area contributed by atoms with Crippen LogP contribution >= 0.6 is 0 Å². The van der Waals surface area contributed by atoms with E-state index in [2.05, 4.69) is 39.3 Å². The summed E-state index contributed by atoms with van der Waals surface area (Å²) in [4.78, 5) is 22.6. The van der Waals surface area contributed by atoms with Crippen molar-refractivity contribution in [2.24, 2.45) is 5.92 Å². The molecule has 1 saturated heterocycles. The molecule has 0 unspecified atom stereocenters. The molecule has 1 aromatic heterocycles. The maximum Gasteiger partial charge on any atom is 0.271 e. The number of nitrogens with one attached hydrogen (secondary N) is 2. The lowest BCUT2D eigenvalue weighted by molar-refractivity contribution is 0.0383. The Hall–Kier alpha value is -1.73. The third kappa shape index (κ3) is 5.57. The zero-order valence-electron chi connectivity index (χ0n) is 13.3. The maximum absolute atomic E-state index is 12.0. The molecule has 1 aromatic rings. The van der Waals surface area contributed by atoms with Crippen molar-refractivity contribution in [3.8, 4) is 0 Å². The van der Waals surface area contributed by atoms with E-state index >= 15 is 0 Å². The van der Waals surface area contributed by atoms with Crippen LogP contribution in [-0.4, -0.2) is 66.7 Å². The van der Waals surface area contributed by atoms with Gasteiger partial charge in [0.25, 0.3) is 5.91 Å². The smallest absolute Gasteiger partial charge is 0.271 e. The van der Waals surface area contributed by atoms with Crippen molar-refractivity contribution in [2.75, 3.05) is 51.3 Å². The van der Waals surface area contributed by atoms with Gasteiger partial charge in [-0.1, -0.05) is 13.8 Å². The minimum atomic E-state index is -0.184. The maximum atomic E-state index is 12.0. The number of anilines is 1. The molecule has 1 fully saturated rings. The molecule has 22 heavy (non-hydrogen) atoms. The van der Waals surface area contributed by atoms with E-state index in [-0.39, 0.29) is 5.91 Å². The van der Waals surface area contributed by atoms with E-state index in [1.54, 1.807) is 6.20 Å². The lowest BCUT2D eigenvalue weighted by Crippen LogP contribution is -2.41. The Morgan fingerprint density at radius 3 is 2.73 bits per heavy atom. The monoisotopic (exact) mass is 307 g/mol. The first-order chi connectivity index (χ1) is 10.6. The molecular weight excluding hydrogens is 282 g/mol. The second kappa shape index (κ2) is 8.65. The molecule has 0 aliphatic carbocycles. The predicted octanol–water partition coefficient (Wildman–Crippen LogP) is 0.607. The first-order valence-corrected chi connectivity index (χ1v) is 7.79. The van der Waals surface area contributed by atoms with Crippen molar-refractivity contribution in [3.05, 3.63) is 18.1 Å². The van der Waals surface area contributed by atoms with Crippen LogP contribution in [0.3, 0.4) is 0 Å². The normalized spacial score (nSPS) is 15.8. The third-order valence-corrected chi connectivity index (χ3v) is 3.39. The minimum absolute atomic E-state index is 0.184. The molecule has 7 nitrogen and oxygen atoms in total. The molecule has 1 aliphatic rings. The highest BCUT2D eigenvalue weighted by Crippen LogP contribution is 2.03. The van der Waals surface area contributed by atoms with Crippen LogP contribution in [0.4, 0.5) is 5.82 Å². The summed E-state index contributed by atoms with van der Waals surface area (Å²) >= 11 is 0. The molecule has 0 bridgehead atoms. The molecule has 1 aliphatic heterocycles. The van der Waals surface area contributed by atoms with Gasteiger partial charge in [0.2, 0.25) is 0 Å². The van der Waals surface area contributed by atoms with E-state index in [0.717, 1.165) is 39.4 Å². The van der Waals surface area contributed by atoms with Gasteiger partial charge in [-0.3, -0.25) is 9.69 Å². The molecule has 1 amide bonds. The summed E-state index contributed by atoms with van der Waals surface area (Å²) in [7, 11) is 0. The summed E-state index contributed by atoms with van der Waals surface area (Å²) in [6.45, 7) is 9.89. The molecule has 7 heteroatoms. The van der Waals surface area contributed by atoms with Crippen molar-refractivity contribution in [1.82, 2.24) is 20.2 Å². The van der Waals surface area contributed by atoms with Crippen LogP contribution in [0.1, 0.15) is 24.3 Å². The third-order valence-electron chi connectivity index (χ3n) is 3.39. The molecule has 0 radical (unpaired) electrons. The van der Waals surface area contributed by atoms with Crippen LogP contribution < -0.4 is 10.6 Å². The summed E-state index contributed by atoms with van der Waals surface area (Å²) in [5.74, 6) is 1.04. The highest BCUT2D eigenvalue weighted by atomic mass is 16.5. The summed E-state index contributed by atoms with van der Waals surface area (Å²) in [5.41, 5.74) is 0.345. The number of carbonyl (C=O) groups excluding carboxylic acids is 1. The zero-order chi connectivity index (χ0) is 15.8. The lowest BCUT2D eigenvalue weighted by atomic mass is 10.2. The quantitative estimate of drug-likeness (QED) is 0.768. The zero-order valence-corrected chi connectivity index (χ0v) is 13.3. The number of hydrogen-bond acceptors (Lipinski definition) is 6. The molecule has 0 atom stereocenters. The number of nitrogens with zero attached hydrogens (tertiary/aromatic N) is 3. The van der Waals surface area contributed by atoms with Gasteiger partial charge in [-0.05, 0) is 5.92 Å². The van der Waals surface area contributed by atoms with Crippen molar-refractivity contribution < 1.29 is 9.53 Å². The first kappa shape index (κ1) is 16.6. The van der Waals surface area contributed by atoms with Gasteiger partial charge in [-0.25, -0.2) is 9.97 Å². The Labute approximate surface area is 131 Å². The van der Waals surface area contributed by atoms with Crippen LogP contribution in [0.5, 0.6) is 0 Å². The summed E-state index contributed by atoms with van der Waals surface area (Å²) < 4.78 is 5.29. The summed E-state index contributed by atoms with van der Waals surface area (Å²) in [6, 6.07) is 0. The molecule has 122 valence electrons. The molecule has 0 aromatic carbocycles. The number of ether oxygens (including phenoxy) is 1. The summed E-state index contributed by atoms with van der Waals surface area (Å²) in [6.07, 6.45) is 3.10. The van der Waals surface area contributed by atoms with E-state index in [1.807, 2.05) is 0 Å². The van der Waals surface area contributed by atoms with Gasteiger partial charge in [-0.15, -0.1) is 0 Å². The van der Waals surface area contributed by atoms with Gasteiger partial charge in [0.1, 0.15) is 11.5 Å². The van der Waals surface area contributed by atoms with Crippen LogP contribution in [0.2, 0.25) is 0 Å². The van der Waals surface area contributed by atoms with Crippen LogP contribution in [0.25, 0.3) is 0 Å². The molecule has 2 N–H and O–H groups in total. The number of hydrogen-bond donors (Lipinski definition) is 2. The Balaban J connectivity index is 1.72. The van der Waals surface area contributed by atoms with Gasteiger partial charge in [-0.2, -0.15) is 0 Å². The largest absolute Gasteiger partial charge is 0.379 e. The fourth-order valence-corrected chi connectivity index (χ4v) is 2.09. The van der Waals surface area contributed by atoms with Crippen molar-refractivity contribution >= 4 is 11.7 Å². The van der Waals surface area contributed by atoms with Crippen LogP contribution in [0, 0.1) is 5.92 Å². The van der Waals surface area contributed by atoms with Crippen LogP contribution in [-0.2, 0) is 4.74 Å². The second-order valence-corrected chi connectivity index (χ2v) is 5.77. The first-order valence-electron chi connectivity index (χ1n) is 7.79. The minimum Gasteiger partial charge on any atom is -0.379 e. The van der Waals surface area contributed by atoms with E-state index in [1.165, 1.54) is 6.20 Å². The number of carbonyl (C=O) groups is 1.